The van der Waals surface area contributed by atoms with Gasteiger partial charge in [-0.15, -0.1) is 0 Å². The Morgan fingerprint density at radius 2 is 0.470 bits per heavy atom. The van der Waals surface area contributed by atoms with Crippen LogP contribution in [-0.4, -0.2) is 37.2 Å². The standard InChI is InChI=1S/C77H130O6/c1-4-7-10-13-16-19-22-25-28-31-34-37-38-41-43-46-49-52-55-58-61-64-67-70-76(79)82-73-74(83-77(80)71-68-65-62-59-56-53-50-47-44-40-36-33-30-27-24-21-18-15-12-9-6-3)72-81-75(78)69-66-63-60-57-54-51-48-45-42-39-35-32-29-26-23-20-17-14-11-8-5-2/h9,12,18,21-23,25-27,30-32,34-36,40,42,45,47,50,74H,4-8,10-11,13-17,19-20,24,28-29,33,37-39,41,43-44,46,48-49,51-73H2,1-3H3/b12-9-,21-18-,25-22-,26-23-,30-27-,34-31-,35-32-,40-36-,45-42-,50-47-. The predicted molar refractivity (Wildman–Crippen MR) is 362 cm³/mol. The summed E-state index contributed by atoms with van der Waals surface area (Å²) in [7, 11) is 0. The van der Waals surface area contributed by atoms with E-state index in [0.717, 1.165) is 135 Å². The van der Waals surface area contributed by atoms with Gasteiger partial charge in [-0.2, -0.15) is 0 Å². The molecular weight excluding hydrogens is 1020 g/mol. The number of carbonyl (C=O) groups is 3. The molecule has 0 saturated carbocycles. The van der Waals surface area contributed by atoms with E-state index < -0.39 is 6.10 Å². The highest BCUT2D eigenvalue weighted by Gasteiger charge is 2.19. The largest absolute Gasteiger partial charge is 0.462 e. The van der Waals surface area contributed by atoms with Crippen molar-refractivity contribution in [1.82, 2.24) is 0 Å². The molecule has 6 heteroatoms. The summed E-state index contributed by atoms with van der Waals surface area (Å²) >= 11 is 0. The van der Waals surface area contributed by atoms with E-state index in [9.17, 15) is 14.4 Å². The van der Waals surface area contributed by atoms with Gasteiger partial charge in [-0.05, 0) is 135 Å². The van der Waals surface area contributed by atoms with Crippen LogP contribution in [0.15, 0.2) is 122 Å². The first-order valence-corrected chi connectivity index (χ1v) is 35.0. The minimum atomic E-state index is -0.801. The Kier molecular flexibility index (Phi) is 66.7. The Hall–Kier alpha value is -4.19. The van der Waals surface area contributed by atoms with Crippen LogP contribution in [0.1, 0.15) is 329 Å². The molecule has 0 bridgehead atoms. The average Bonchev–Trinajstić information content (AvgIpc) is 3.49. The van der Waals surface area contributed by atoms with Gasteiger partial charge in [0.15, 0.2) is 6.10 Å². The molecule has 0 saturated heterocycles. The van der Waals surface area contributed by atoms with E-state index >= 15 is 0 Å². The quantitative estimate of drug-likeness (QED) is 0.0261. The lowest BCUT2D eigenvalue weighted by atomic mass is 10.0. The molecule has 1 unspecified atom stereocenters. The van der Waals surface area contributed by atoms with Crippen LogP contribution in [0.4, 0.5) is 0 Å². The zero-order valence-electron chi connectivity index (χ0n) is 54.4. The van der Waals surface area contributed by atoms with Gasteiger partial charge in [0.1, 0.15) is 13.2 Å². The highest BCUT2D eigenvalue weighted by Crippen LogP contribution is 2.16. The lowest BCUT2D eigenvalue weighted by Crippen LogP contribution is -2.30. The van der Waals surface area contributed by atoms with Crippen LogP contribution in [0, 0.1) is 0 Å². The van der Waals surface area contributed by atoms with Gasteiger partial charge < -0.3 is 14.2 Å². The van der Waals surface area contributed by atoms with Crippen molar-refractivity contribution in [1.29, 1.82) is 0 Å². The zero-order valence-corrected chi connectivity index (χ0v) is 54.4. The van der Waals surface area contributed by atoms with Gasteiger partial charge in [0.25, 0.3) is 0 Å². The molecule has 0 aromatic carbocycles. The van der Waals surface area contributed by atoms with E-state index in [1.165, 1.54) is 154 Å². The second-order valence-electron chi connectivity index (χ2n) is 23.1. The van der Waals surface area contributed by atoms with E-state index in [-0.39, 0.29) is 31.1 Å². The molecule has 0 aliphatic rings. The second kappa shape index (κ2) is 70.3. The molecule has 0 aromatic heterocycles. The van der Waals surface area contributed by atoms with Crippen LogP contribution in [0.2, 0.25) is 0 Å². The molecule has 83 heavy (non-hydrogen) atoms. The number of hydrogen-bond acceptors (Lipinski definition) is 6. The van der Waals surface area contributed by atoms with Crippen molar-refractivity contribution in [2.45, 2.75) is 335 Å². The van der Waals surface area contributed by atoms with Crippen molar-refractivity contribution in [3.05, 3.63) is 122 Å². The Bertz CT molecular complexity index is 1700. The number of carbonyl (C=O) groups excluding carboxylic acids is 3. The lowest BCUT2D eigenvalue weighted by molar-refractivity contribution is -0.167. The monoisotopic (exact) mass is 1150 g/mol. The van der Waals surface area contributed by atoms with E-state index in [0.29, 0.717) is 19.3 Å². The Morgan fingerprint density at radius 3 is 0.735 bits per heavy atom. The topological polar surface area (TPSA) is 78.9 Å². The Labute approximate surface area is 513 Å². The molecular formula is C77H130O6. The fourth-order valence-corrected chi connectivity index (χ4v) is 9.68. The van der Waals surface area contributed by atoms with Gasteiger partial charge in [-0.3, -0.25) is 14.4 Å². The maximum Gasteiger partial charge on any atom is 0.306 e. The van der Waals surface area contributed by atoms with Crippen LogP contribution in [0.3, 0.4) is 0 Å². The third kappa shape index (κ3) is 68.5. The van der Waals surface area contributed by atoms with Crippen LogP contribution < -0.4 is 0 Å². The summed E-state index contributed by atoms with van der Waals surface area (Å²) in [4.78, 5) is 38.5. The van der Waals surface area contributed by atoms with Crippen LogP contribution >= 0.6 is 0 Å². The fraction of sp³-hybridized carbons (Fsp3) is 0.701. The first kappa shape index (κ1) is 78.8. The number of hydrogen-bond donors (Lipinski definition) is 0. The van der Waals surface area contributed by atoms with Crippen molar-refractivity contribution in [2.75, 3.05) is 13.2 Å². The number of allylic oxidation sites excluding steroid dienone is 20. The first-order valence-electron chi connectivity index (χ1n) is 35.0. The van der Waals surface area contributed by atoms with E-state index in [1.807, 2.05) is 0 Å². The molecule has 0 radical (unpaired) electrons. The molecule has 0 spiro atoms. The van der Waals surface area contributed by atoms with Gasteiger partial charge in [0.2, 0.25) is 0 Å². The van der Waals surface area contributed by atoms with Crippen LogP contribution in [0.25, 0.3) is 0 Å². The molecule has 0 aliphatic carbocycles. The second-order valence-corrected chi connectivity index (χ2v) is 23.1. The van der Waals surface area contributed by atoms with Crippen molar-refractivity contribution >= 4 is 17.9 Å². The Morgan fingerprint density at radius 1 is 0.253 bits per heavy atom. The van der Waals surface area contributed by atoms with E-state index in [2.05, 4.69) is 142 Å². The summed E-state index contributed by atoms with van der Waals surface area (Å²) in [6.07, 6.45) is 97.8. The molecule has 0 amide bonds. The third-order valence-corrected chi connectivity index (χ3v) is 14.9. The smallest absolute Gasteiger partial charge is 0.306 e. The summed E-state index contributed by atoms with van der Waals surface area (Å²) in [5, 5.41) is 0. The normalized spacial score (nSPS) is 12.9. The molecule has 0 rings (SSSR count). The predicted octanol–water partition coefficient (Wildman–Crippen LogP) is 24.3. The highest BCUT2D eigenvalue weighted by molar-refractivity contribution is 5.71. The summed E-state index contributed by atoms with van der Waals surface area (Å²) in [5.41, 5.74) is 0. The minimum absolute atomic E-state index is 0.0931. The molecule has 0 aromatic rings. The van der Waals surface area contributed by atoms with Crippen molar-refractivity contribution in [3.8, 4) is 0 Å². The van der Waals surface area contributed by atoms with Crippen molar-refractivity contribution in [2.24, 2.45) is 0 Å². The molecule has 1 atom stereocenters. The number of unbranched alkanes of at least 4 members (excludes halogenated alkanes) is 32. The maximum atomic E-state index is 13.0. The summed E-state index contributed by atoms with van der Waals surface area (Å²) in [6.45, 7) is 6.51. The van der Waals surface area contributed by atoms with Gasteiger partial charge >= 0.3 is 17.9 Å². The zero-order chi connectivity index (χ0) is 59.9. The van der Waals surface area contributed by atoms with Crippen molar-refractivity contribution < 1.29 is 28.6 Å². The van der Waals surface area contributed by atoms with Crippen molar-refractivity contribution in [3.63, 3.8) is 0 Å². The molecule has 0 heterocycles. The van der Waals surface area contributed by atoms with Crippen LogP contribution in [0.5, 0.6) is 0 Å². The summed E-state index contributed by atoms with van der Waals surface area (Å²) in [6, 6.07) is 0. The molecule has 474 valence electrons. The van der Waals surface area contributed by atoms with Gasteiger partial charge in [-0.25, -0.2) is 0 Å². The highest BCUT2D eigenvalue weighted by atomic mass is 16.6. The summed E-state index contributed by atoms with van der Waals surface area (Å²) in [5.74, 6) is -0.917. The van der Waals surface area contributed by atoms with E-state index in [4.69, 9.17) is 14.2 Å². The Balaban J connectivity index is 4.45. The fourth-order valence-electron chi connectivity index (χ4n) is 9.68. The third-order valence-electron chi connectivity index (χ3n) is 14.9. The summed E-state index contributed by atoms with van der Waals surface area (Å²) < 4.78 is 17.0. The van der Waals surface area contributed by atoms with Gasteiger partial charge in [0.05, 0.1) is 0 Å². The molecule has 6 nitrogen and oxygen atoms in total. The van der Waals surface area contributed by atoms with E-state index in [1.54, 1.807) is 0 Å². The number of rotatable bonds is 63. The van der Waals surface area contributed by atoms with Gasteiger partial charge in [-0.1, -0.05) is 296 Å². The average molecular weight is 1150 g/mol. The molecule has 0 N–H and O–H groups in total. The molecule has 0 fully saturated rings. The first-order chi connectivity index (χ1) is 41.0. The SMILES string of the molecule is CC/C=C\C/C=C\C/C=C\C/C=C\C/C=C\CCCCCCCC(=O)OC(COC(=O)CCCCCCCC/C=C\C/C=C\C/C=C\CCCCCCC)COC(=O)CCCCCCCCCCCCC/C=C\C/C=C\CCCCCCC. The lowest BCUT2D eigenvalue weighted by Gasteiger charge is -2.18. The van der Waals surface area contributed by atoms with Gasteiger partial charge in [0, 0.05) is 19.3 Å². The minimum Gasteiger partial charge on any atom is -0.462 e. The molecule has 0 aliphatic heterocycles. The number of esters is 3. The number of ether oxygens (including phenoxy) is 3. The maximum absolute atomic E-state index is 13.0. The van der Waals surface area contributed by atoms with Crippen LogP contribution in [-0.2, 0) is 28.6 Å².